The number of aryl methyl sites for hydroxylation is 2. The SMILES string of the molecule is Cc1c(C(=O)Nc2nc(-c3ccc4c(c3)CCC(=O)N4)cs2)oc2ccccc12. The van der Waals surface area contributed by atoms with Gasteiger partial charge in [-0.25, -0.2) is 4.98 Å². The summed E-state index contributed by atoms with van der Waals surface area (Å²) in [4.78, 5) is 28.8. The van der Waals surface area contributed by atoms with Gasteiger partial charge in [-0.15, -0.1) is 11.3 Å². The molecule has 0 spiro atoms. The van der Waals surface area contributed by atoms with Gasteiger partial charge in [-0.05, 0) is 37.1 Å². The van der Waals surface area contributed by atoms with Crippen LogP contribution in [-0.4, -0.2) is 16.8 Å². The summed E-state index contributed by atoms with van der Waals surface area (Å²) >= 11 is 1.36. The molecule has 0 unspecified atom stereocenters. The first-order valence-electron chi connectivity index (χ1n) is 9.26. The minimum absolute atomic E-state index is 0.0461. The van der Waals surface area contributed by atoms with Crippen molar-refractivity contribution in [3.8, 4) is 11.3 Å². The second-order valence-electron chi connectivity index (χ2n) is 6.96. The van der Waals surface area contributed by atoms with Crippen LogP contribution in [0.5, 0.6) is 0 Å². The van der Waals surface area contributed by atoms with Crippen LogP contribution in [0.15, 0.2) is 52.3 Å². The quantitative estimate of drug-likeness (QED) is 0.504. The lowest BCUT2D eigenvalue weighted by Gasteiger charge is -2.17. The van der Waals surface area contributed by atoms with Crippen LogP contribution in [0.4, 0.5) is 10.8 Å². The third-order valence-corrected chi connectivity index (χ3v) is 5.83. The van der Waals surface area contributed by atoms with Crippen molar-refractivity contribution in [3.05, 3.63) is 64.7 Å². The number of furan rings is 1. The fourth-order valence-electron chi connectivity index (χ4n) is 3.55. The number of hydrogen-bond donors (Lipinski definition) is 2. The lowest BCUT2D eigenvalue weighted by atomic mass is 9.99. The van der Waals surface area contributed by atoms with Gasteiger partial charge in [0.25, 0.3) is 5.91 Å². The van der Waals surface area contributed by atoms with Crippen molar-refractivity contribution >= 4 is 44.9 Å². The molecule has 0 saturated carbocycles. The Bertz CT molecular complexity index is 1270. The molecule has 4 aromatic rings. The average Bonchev–Trinajstić information content (AvgIpc) is 3.32. The molecule has 0 aliphatic carbocycles. The minimum atomic E-state index is -0.312. The Morgan fingerprint density at radius 2 is 2.07 bits per heavy atom. The van der Waals surface area contributed by atoms with Crippen LogP contribution < -0.4 is 10.6 Å². The number of anilines is 2. The van der Waals surface area contributed by atoms with Gasteiger partial charge in [-0.1, -0.05) is 24.3 Å². The zero-order chi connectivity index (χ0) is 20.0. The number of para-hydroxylation sites is 1. The Morgan fingerprint density at radius 3 is 2.93 bits per heavy atom. The van der Waals surface area contributed by atoms with Crippen molar-refractivity contribution in [2.45, 2.75) is 19.8 Å². The van der Waals surface area contributed by atoms with Crippen LogP contribution in [0.25, 0.3) is 22.2 Å². The molecule has 0 atom stereocenters. The van der Waals surface area contributed by atoms with E-state index in [2.05, 4.69) is 15.6 Å². The molecule has 0 radical (unpaired) electrons. The Hall–Kier alpha value is -3.45. The van der Waals surface area contributed by atoms with E-state index in [4.69, 9.17) is 4.42 Å². The maximum Gasteiger partial charge on any atom is 0.293 e. The molecule has 144 valence electrons. The van der Waals surface area contributed by atoms with Crippen molar-refractivity contribution in [2.24, 2.45) is 0 Å². The molecule has 0 fully saturated rings. The summed E-state index contributed by atoms with van der Waals surface area (Å²) in [5.74, 6) is 0.0324. The normalized spacial score (nSPS) is 13.2. The molecule has 1 aliphatic rings. The van der Waals surface area contributed by atoms with E-state index in [-0.39, 0.29) is 11.8 Å². The molecule has 5 rings (SSSR count). The molecule has 29 heavy (non-hydrogen) atoms. The summed E-state index contributed by atoms with van der Waals surface area (Å²) in [6, 6.07) is 13.4. The monoisotopic (exact) mass is 403 g/mol. The molecule has 2 amide bonds. The Balaban J connectivity index is 1.38. The van der Waals surface area contributed by atoms with Crippen LogP contribution in [0.3, 0.4) is 0 Å². The second-order valence-corrected chi connectivity index (χ2v) is 7.82. The molecule has 7 heteroatoms. The Labute approximate surface area is 170 Å². The van der Waals surface area contributed by atoms with Crippen molar-refractivity contribution in [3.63, 3.8) is 0 Å². The zero-order valence-corrected chi connectivity index (χ0v) is 16.4. The summed E-state index contributed by atoms with van der Waals surface area (Å²) in [6.45, 7) is 1.87. The minimum Gasteiger partial charge on any atom is -0.451 e. The lowest BCUT2D eigenvalue weighted by molar-refractivity contribution is -0.116. The van der Waals surface area contributed by atoms with Crippen LogP contribution in [0.2, 0.25) is 0 Å². The van der Waals surface area contributed by atoms with E-state index in [9.17, 15) is 9.59 Å². The van der Waals surface area contributed by atoms with Crippen LogP contribution >= 0.6 is 11.3 Å². The number of carbonyl (C=O) groups is 2. The molecule has 2 aromatic heterocycles. The number of nitrogens with zero attached hydrogens (tertiary/aromatic N) is 1. The molecule has 6 nitrogen and oxygen atoms in total. The van der Waals surface area contributed by atoms with E-state index in [0.717, 1.165) is 33.5 Å². The highest BCUT2D eigenvalue weighted by Gasteiger charge is 2.19. The number of nitrogens with one attached hydrogen (secondary N) is 2. The van der Waals surface area contributed by atoms with E-state index in [1.807, 2.05) is 54.8 Å². The summed E-state index contributed by atoms with van der Waals surface area (Å²) in [6.07, 6.45) is 1.21. The molecule has 1 aliphatic heterocycles. The fourth-order valence-corrected chi connectivity index (χ4v) is 4.27. The molecule has 0 saturated heterocycles. The standard InChI is InChI=1S/C22H17N3O3S/c1-12-15-4-2-3-5-18(15)28-20(12)21(27)25-22-24-17(11-29-22)14-6-8-16-13(10-14)7-9-19(26)23-16/h2-6,8,10-11H,7,9H2,1H3,(H,23,26)(H,24,25,27). The van der Waals surface area contributed by atoms with Crippen molar-refractivity contribution in [2.75, 3.05) is 10.6 Å². The molecule has 2 N–H and O–H groups in total. The number of hydrogen-bond acceptors (Lipinski definition) is 5. The number of aromatic nitrogens is 1. The topological polar surface area (TPSA) is 84.2 Å². The molecular formula is C22H17N3O3S. The molecule has 3 heterocycles. The summed E-state index contributed by atoms with van der Waals surface area (Å²) < 4.78 is 5.73. The predicted molar refractivity (Wildman–Crippen MR) is 113 cm³/mol. The first kappa shape index (κ1) is 17.6. The zero-order valence-electron chi connectivity index (χ0n) is 15.6. The molecule has 2 aromatic carbocycles. The summed E-state index contributed by atoms with van der Waals surface area (Å²) in [5, 5.41) is 9.06. The van der Waals surface area contributed by atoms with Gasteiger partial charge < -0.3 is 9.73 Å². The van der Waals surface area contributed by atoms with E-state index in [1.54, 1.807) is 0 Å². The first-order chi connectivity index (χ1) is 14.1. The smallest absolute Gasteiger partial charge is 0.293 e. The average molecular weight is 403 g/mol. The van der Waals surface area contributed by atoms with Crippen LogP contribution in [0.1, 0.15) is 28.1 Å². The van der Waals surface area contributed by atoms with Gasteiger partial charge in [0.1, 0.15) is 5.58 Å². The third-order valence-electron chi connectivity index (χ3n) is 5.07. The second kappa shape index (κ2) is 6.86. The predicted octanol–water partition coefficient (Wildman–Crippen LogP) is 5.00. The first-order valence-corrected chi connectivity index (χ1v) is 10.1. The van der Waals surface area contributed by atoms with Crippen LogP contribution in [0, 0.1) is 6.92 Å². The number of rotatable bonds is 3. The number of benzene rings is 2. The van der Waals surface area contributed by atoms with E-state index in [0.29, 0.717) is 29.3 Å². The Kier molecular flexibility index (Phi) is 4.17. The molecule has 0 bridgehead atoms. The van der Waals surface area contributed by atoms with E-state index < -0.39 is 0 Å². The van der Waals surface area contributed by atoms with Gasteiger partial charge in [0.05, 0.1) is 5.69 Å². The third kappa shape index (κ3) is 3.19. The highest BCUT2D eigenvalue weighted by atomic mass is 32.1. The van der Waals surface area contributed by atoms with E-state index >= 15 is 0 Å². The van der Waals surface area contributed by atoms with Gasteiger partial charge in [-0.3, -0.25) is 14.9 Å². The lowest BCUT2D eigenvalue weighted by Crippen LogP contribution is -2.18. The maximum absolute atomic E-state index is 12.7. The van der Waals surface area contributed by atoms with Gasteiger partial charge >= 0.3 is 0 Å². The highest BCUT2D eigenvalue weighted by molar-refractivity contribution is 7.14. The van der Waals surface area contributed by atoms with Gasteiger partial charge in [0, 0.05) is 34.0 Å². The number of thiazole rings is 1. The number of carbonyl (C=O) groups excluding carboxylic acids is 2. The number of fused-ring (bicyclic) bond motifs is 2. The Morgan fingerprint density at radius 1 is 1.21 bits per heavy atom. The fraction of sp³-hybridized carbons (Fsp3) is 0.136. The van der Waals surface area contributed by atoms with Crippen molar-refractivity contribution < 1.29 is 14.0 Å². The van der Waals surface area contributed by atoms with Gasteiger partial charge in [0.2, 0.25) is 5.91 Å². The summed E-state index contributed by atoms with van der Waals surface area (Å²) in [5.41, 5.74) is 5.19. The van der Waals surface area contributed by atoms with Crippen molar-refractivity contribution in [1.82, 2.24) is 4.98 Å². The summed E-state index contributed by atoms with van der Waals surface area (Å²) in [7, 11) is 0. The maximum atomic E-state index is 12.7. The number of amides is 2. The van der Waals surface area contributed by atoms with Gasteiger partial charge in [-0.2, -0.15) is 0 Å². The van der Waals surface area contributed by atoms with Gasteiger partial charge in [0.15, 0.2) is 10.9 Å². The van der Waals surface area contributed by atoms with Crippen molar-refractivity contribution in [1.29, 1.82) is 0 Å². The van der Waals surface area contributed by atoms with Crippen LogP contribution in [-0.2, 0) is 11.2 Å². The highest BCUT2D eigenvalue weighted by Crippen LogP contribution is 2.31. The molecular weight excluding hydrogens is 386 g/mol. The van der Waals surface area contributed by atoms with E-state index in [1.165, 1.54) is 11.3 Å². The largest absolute Gasteiger partial charge is 0.451 e.